The molecule has 0 saturated carbocycles. The Morgan fingerprint density at radius 2 is 1.78 bits per heavy atom. The van der Waals surface area contributed by atoms with Gasteiger partial charge in [0.05, 0.1) is 5.25 Å². The van der Waals surface area contributed by atoms with Crippen LogP contribution >= 0.6 is 23.4 Å². The lowest BCUT2D eigenvalue weighted by Gasteiger charge is -2.18. The summed E-state index contributed by atoms with van der Waals surface area (Å²) in [5, 5.41) is 13.3. The van der Waals surface area contributed by atoms with Gasteiger partial charge in [-0.2, -0.15) is 5.26 Å². The van der Waals surface area contributed by atoms with Crippen LogP contribution in [0, 0.1) is 18.3 Å². The minimum atomic E-state index is -0.543. The van der Waals surface area contributed by atoms with Crippen molar-refractivity contribution in [2.45, 2.75) is 44.8 Å². The molecule has 1 aliphatic heterocycles. The number of hydrogen-bond donors (Lipinski definition) is 1. The van der Waals surface area contributed by atoms with E-state index >= 15 is 0 Å². The van der Waals surface area contributed by atoms with Crippen molar-refractivity contribution < 1.29 is 9.59 Å². The second kappa shape index (κ2) is 12.1. The molecule has 188 valence electrons. The van der Waals surface area contributed by atoms with Crippen LogP contribution in [0.3, 0.4) is 0 Å². The average molecular weight is 530 g/mol. The molecule has 0 aliphatic carbocycles. The van der Waals surface area contributed by atoms with Crippen LogP contribution in [0.4, 0.5) is 11.4 Å². The number of halogens is 1. The van der Waals surface area contributed by atoms with E-state index in [4.69, 9.17) is 11.6 Å². The minimum Gasteiger partial charge on any atom is -0.321 e. The number of carbonyl (C=O) groups excluding carboxylic acids is 2. The van der Waals surface area contributed by atoms with Gasteiger partial charge in [0.25, 0.3) is 5.91 Å². The van der Waals surface area contributed by atoms with E-state index in [1.807, 2.05) is 67.6 Å². The van der Waals surface area contributed by atoms with Gasteiger partial charge in [-0.05, 0) is 73.2 Å². The third-order valence-corrected chi connectivity index (χ3v) is 7.88. The number of nitrogens with zero attached hydrogens (tertiary/aromatic N) is 2. The molecule has 1 atom stereocenters. The van der Waals surface area contributed by atoms with E-state index in [-0.39, 0.29) is 11.5 Å². The van der Waals surface area contributed by atoms with Crippen LogP contribution in [0.2, 0.25) is 5.02 Å². The quantitative estimate of drug-likeness (QED) is 0.250. The number of unbranched alkanes of at least 4 members (excludes halogenated alkanes) is 1. The highest BCUT2D eigenvalue weighted by atomic mass is 35.5. The molecule has 0 bridgehead atoms. The van der Waals surface area contributed by atoms with Crippen molar-refractivity contribution in [1.82, 2.24) is 0 Å². The van der Waals surface area contributed by atoms with Crippen molar-refractivity contribution in [2.24, 2.45) is 0 Å². The Kier molecular flexibility index (Phi) is 8.70. The predicted octanol–water partition coefficient (Wildman–Crippen LogP) is 7.06. The summed E-state index contributed by atoms with van der Waals surface area (Å²) in [6, 6.07) is 24.5. The second-order valence-corrected chi connectivity index (χ2v) is 10.5. The normalized spacial score (nSPS) is 16.4. The minimum absolute atomic E-state index is 0.0956. The number of nitrogens with one attached hydrogen (secondary N) is 1. The second-order valence-electron chi connectivity index (χ2n) is 8.95. The molecule has 0 unspecified atom stereocenters. The van der Waals surface area contributed by atoms with E-state index in [1.54, 1.807) is 12.1 Å². The number of carbonyl (C=O) groups is 2. The highest BCUT2D eigenvalue weighted by Gasteiger charge is 2.40. The lowest BCUT2D eigenvalue weighted by molar-refractivity contribution is -0.117. The number of para-hydroxylation sites is 1. The molecule has 1 aliphatic rings. The SMILES string of the molecule is CCCCc1ccc(NC(=O)/C(C#N)=C2\S[C@H](Cc3ccc(C)c(Cl)c3)C(=O)N2c2ccccc2)cc1. The number of nitriles is 1. The molecule has 1 N–H and O–H groups in total. The Morgan fingerprint density at radius 3 is 2.43 bits per heavy atom. The average Bonchev–Trinajstić information content (AvgIpc) is 3.21. The van der Waals surface area contributed by atoms with Crippen LogP contribution in [0.25, 0.3) is 0 Å². The summed E-state index contributed by atoms with van der Waals surface area (Å²) in [7, 11) is 0. The Bertz CT molecular complexity index is 1360. The first kappa shape index (κ1) is 26.5. The zero-order valence-electron chi connectivity index (χ0n) is 20.8. The fourth-order valence-corrected chi connectivity index (χ4v) is 5.62. The van der Waals surface area contributed by atoms with Gasteiger partial charge in [0, 0.05) is 16.4 Å². The maximum absolute atomic E-state index is 13.6. The van der Waals surface area contributed by atoms with Crippen molar-refractivity contribution in [3.05, 3.63) is 105 Å². The maximum atomic E-state index is 13.6. The highest BCUT2D eigenvalue weighted by molar-refractivity contribution is 8.05. The largest absolute Gasteiger partial charge is 0.321 e. The predicted molar refractivity (Wildman–Crippen MR) is 152 cm³/mol. The first-order valence-corrected chi connectivity index (χ1v) is 13.5. The Labute approximate surface area is 227 Å². The smallest absolute Gasteiger partial charge is 0.269 e. The fourth-order valence-electron chi connectivity index (χ4n) is 4.11. The number of rotatable bonds is 8. The van der Waals surface area contributed by atoms with Crippen LogP contribution in [-0.2, 0) is 22.4 Å². The van der Waals surface area contributed by atoms with Gasteiger partial charge in [-0.15, -0.1) is 0 Å². The third-order valence-electron chi connectivity index (χ3n) is 6.21. The van der Waals surface area contributed by atoms with Crippen LogP contribution < -0.4 is 10.2 Å². The van der Waals surface area contributed by atoms with Crippen molar-refractivity contribution >= 4 is 46.6 Å². The summed E-state index contributed by atoms with van der Waals surface area (Å²) in [5.74, 6) is -0.720. The van der Waals surface area contributed by atoms with Gasteiger partial charge in [-0.3, -0.25) is 14.5 Å². The van der Waals surface area contributed by atoms with Gasteiger partial charge < -0.3 is 5.32 Å². The topological polar surface area (TPSA) is 73.2 Å². The van der Waals surface area contributed by atoms with Crippen LogP contribution in [-0.4, -0.2) is 17.1 Å². The summed E-state index contributed by atoms with van der Waals surface area (Å²) in [6.45, 7) is 4.08. The molecular formula is C30H28ClN3O2S. The van der Waals surface area contributed by atoms with E-state index in [2.05, 4.69) is 18.3 Å². The zero-order valence-corrected chi connectivity index (χ0v) is 22.4. The Hall–Kier alpha value is -3.53. The monoisotopic (exact) mass is 529 g/mol. The summed E-state index contributed by atoms with van der Waals surface area (Å²) in [5.41, 5.74) is 4.20. The number of hydrogen-bond acceptors (Lipinski definition) is 4. The van der Waals surface area contributed by atoms with Gasteiger partial charge in [-0.1, -0.05) is 79.2 Å². The first-order chi connectivity index (χ1) is 17.9. The van der Waals surface area contributed by atoms with Gasteiger partial charge >= 0.3 is 0 Å². The van der Waals surface area contributed by atoms with Crippen molar-refractivity contribution in [3.63, 3.8) is 0 Å². The number of amides is 2. The lowest BCUT2D eigenvalue weighted by atomic mass is 10.1. The van der Waals surface area contributed by atoms with Gasteiger partial charge in [-0.25, -0.2) is 0 Å². The number of benzene rings is 3. The molecule has 1 heterocycles. The highest BCUT2D eigenvalue weighted by Crippen LogP contribution is 2.42. The van der Waals surface area contributed by atoms with Crippen molar-refractivity contribution in [2.75, 3.05) is 10.2 Å². The molecule has 5 nitrogen and oxygen atoms in total. The molecule has 0 spiro atoms. The van der Waals surface area contributed by atoms with Crippen LogP contribution in [0.1, 0.15) is 36.5 Å². The van der Waals surface area contributed by atoms with Gasteiger partial charge in [0.1, 0.15) is 16.7 Å². The molecule has 0 aromatic heterocycles. The molecule has 3 aromatic carbocycles. The first-order valence-electron chi connectivity index (χ1n) is 12.3. The number of aryl methyl sites for hydroxylation is 2. The summed E-state index contributed by atoms with van der Waals surface area (Å²) in [4.78, 5) is 28.3. The number of thioether (sulfide) groups is 1. The standard InChI is InChI=1S/C30H28ClN3O2S/c1-3-4-8-21-13-15-23(16-14-21)33-28(35)25(19-32)30-34(24-9-6-5-7-10-24)29(36)27(37-30)18-22-12-11-20(2)26(31)17-22/h5-7,9-17,27H,3-4,8,18H2,1-2H3,(H,33,35)/b30-25-/t27-/m1/s1. The Balaban J connectivity index is 1.64. The molecule has 7 heteroatoms. The Morgan fingerprint density at radius 1 is 1.08 bits per heavy atom. The van der Waals surface area contributed by atoms with Gasteiger partial charge in [0.15, 0.2) is 0 Å². The van der Waals surface area contributed by atoms with E-state index in [9.17, 15) is 14.9 Å². The molecule has 4 rings (SSSR count). The van der Waals surface area contributed by atoms with E-state index < -0.39 is 11.2 Å². The molecule has 2 amide bonds. The van der Waals surface area contributed by atoms with Gasteiger partial charge in [0.2, 0.25) is 5.91 Å². The molecular weight excluding hydrogens is 502 g/mol. The number of anilines is 2. The summed E-state index contributed by atoms with van der Waals surface area (Å²) < 4.78 is 0. The summed E-state index contributed by atoms with van der Waals surface area (Å²) in [6.07, 6.45) is 3.63. The molecule has 1 saturated heterocycles. The zero-order chi connectivity index (χ0) is 26.4. The van der Waals surface area contributed by atoms with E-state index in [0.29, 0.717) is 27.8 Å². The molecule has 37 heavy (non-hydrogen) atoms. The van der Waals surface area contributed by atoms with Crippen molar-refractivity contribution in [3.8, 4) is 6.07 Å². The van der Waals surface area contributed by atoms with Crippen LogP contribution in [0.15, 0.2) is 83.4 Å². The van der Waals surface area contributed by atoms with E-state index in [0.717, 1.165) is 30.4 Å². The van der Waals surface area contributed by atoms with Crippen molar-refractivity contribution in [1.29, 1.82) is 5.26 Å². The fraction of sp³-hybridized carbons (Fsp3) is 0.233. The third kappa shape index (κ3) is 6.25. The lowest BCUT2D eigenvalue weighted by Crippen LogP contribution is -2.30. The molecule has 3 aromatic rings. The summed E-state index contributed by atoms with van der Waals surface area (Å²) >= 11 is 7.55. The van der Waals surface area contributed by atoms with Crippen LogP contribution in [0.5, 0.6) is 0 Å². The van der Waals surface area contributed by atoms with E-state index in [1.165, 1.54) is 22.2 Å². The molecule has 0 radical (unpaired) electrons. The maximum Gasteiger partial charge on any atom is 0.269 e. The molecule has 1 fully saturated rings.